The molecular weight excluding hydrogens is 308 g/mol. The van der Waals surface area contributed by atoms with E-state index in [1.54, 1.807) is 16.7 Å². The molecular formula is C18H16N2O2S. The molecule has 0 aliphatic carbocycles. The fourth-order valence-electron chi connectivity index (χ4n) is 2.47. The minimum Gasteiger partial charge on any atom is -0.322 e. The van der Waals surface area contributed by atoms with Crippen LogP contribution in [0.5, 0.6) is 0 Å². The maximum atomic E-state index is 12.4. The summed E-state index contributed by atoms with van der Waals surface area (Å²) in [6.07, 6.45) is 1.70. The van der Waals surface area contributed by atoms with Gasteiger partial charge in [0, 0.05) is 17.8 Å². The van der Waals surface area contributed by atoms with Crippen LogP contribution in [0.2, 0.25) is 0 Å². The summed E-state index contributed by atoms with van der Waals surface area (Å²) >= 11 is 1.17. The van der Waals surface area contributed by atoms with Crippen LogP contribution in [0, 0.1) is 6.92 Å². The lowest BCUT2D eigenvalue weighted by molar-refractivity contribution is 0.102. The number of benzene rings is 2. The van der Waals surface area contributed by atoms with Gasteiger partial charge >= 0.3 is 4.87 Å². The van der Waals surface area contributed by atoms with Crippen LogP contribution < -0.4 is 10.2 Å². The molecule has 1 N–H and O–H groups in total. The summed E-state index contributed by atoms with van der Waals surface area (Å²) in [4.78, 5) is 24.3. The van der Waals surface area contributed by atoms with Crippen molar-refractivity contribution < 1.29 is 4.79 Å². The van der Waals surface area contributed by atoms with Crippen molar-refractivity contribution in [3.8, 4) is 0 Å². The Bertz CT molecular complexity index is 953. The minimum absolute atomic E-state index is 0.0257. The number of aryl methyl sites for hydroxylation is 1. The van der Waals surface area contributed by atoms with Crippen LogP contribution in [0.4, 0.5) is 5.69 Å². The molecule has 0 bridgehead atoms. The van der Waals surface area contributed by atoms with E-state index in [4.69, 9.17) is 0 Å². The van der Waals surface area contributed by atoms with E-state index >= 15 is 0 Å². The van der Waals surface area contributed by atoms with Crippen molar-refractivity contribution in [3.05, 3.63) is 75.9 Å². The normalized spacial score (nSPS) is 10.7. The van der Waals surface area contributed by atoms with Crippen LogP contribution in [0.15, 0.2) is 59.9 Å². The number of aromatic nitrogens is 1. The molecule has 0 saturated carbocycles. The van der Waals surface area contributed by atoms with E-state index in [9.17, 15) is 9.59 Å². The number of allylic oxidation sites excluding steroid dienone is 1. The molecule has 0 fully saturated rings. The Hall–Kier alpha value is -2.66. The summed E-state index contributed by atoms with van der Waals surface area (Å²) in [6.45, 7) is 6.05. The second-order valence-corrected chi connectivity index (χ2v) is 6.21. The lowest BCUT2D eigenvalue weighted by atomic mass is 10.1. The fraction of sp³-hybridized carbons (Fsp3) is 0.111. The zero-order valence-electron chi connectivity index (χ0n) is 12.7. The van der Waals surface area contributed by atoms with Crippen molar-refractivity contribution in [1.29, 1.82) is 0 Å². The fourth-order valence-corrected chi connectivity index (χ4v) is 3.41. The average molecular weight is 324 g/mol. The zero-order valence-corrected chi connectivity index (χ0v) is 13.5. The molecule has 0 unspecified atom stereocenters. The number of nitrogens with zero attached hydrogens (tertiary/aromatic N) is 1. The van der Waals surface area contributed by atoms with Crippen LogP contribution in [0.3, 0.4) is 0 Å². The first-order chi connectivity index (χ1) is 11.1. The Morgan fingerprint density at radius 2 is 2.09 bits per heavy atom. The highest BCUT2D eigenvalue weighted by Crippen LogP contribution is 2.22. The Morgan fingerprint density at radius 1 is 1.30 bits per heavy atom. The van der Waals surface area contributed by atoms with Gasteiger partial charge in [0.2, 0.25) is 0 Å². The predicted molar refractivity (Wildman–Crippen MR) is 95.4 cm³/mol. The van der Waals surface area contributed by atoms with Crippen LogP contribution in [-0.4, -0.2) is 10.5 Å². The van der Waals surface area contributed by atoms with Gasteiger partial charge in [0.25, 0.3) is 5.91 Å². The molecule has 0 atom stereocenters. The third-order valence-corrected chi connectivity index (χ3v) is 4.57. The Morgan fingerprint density at radius 3 is 2.83 bits per heavy atom. The molecule has 0 radical (unpaired) electrons. The molecule has 116 valence electrons. The Kier molecular flexibility index (Phi) is 4.12. The summed E-state index contributed by atoms with van der Waals surface area (Å²) in [5.41, 5.74) is 3.10. The molecule has 0 aliphatic rings. The third-order valence-electron chi connectivity index (χ3n) is 3.63. The molecule has 0 saturated heterocycles. The van der Waals surface area contributed by atoms with Crippen LogP contribution >= 0.6 is 11.3 Å². The van der Waals surface area contributed by atoms with Crippen molar-refractivity contribution >= 4 is 33.1 Å². The lowest BCUT2D eigenvalue weighted by Gasteiger charge is -2.08. The van der Waals surface area contributed by atoms with Gasteiger partial charge in [-0.25, -0.2) is 0 Å². The first-order valence-electron chi connectivity index (χ1n) is 7.21. The maximum Gasteiger partial charge on any atom is 0.308 e. The second-order valence-electron chi connectivity index (χ2n) is 5.22. The van der Waals surface area contributed by atoms with E-state index in [1.165, 1.54) is 11.3 Å². The van der Waals surface area contributed by atoms with E-state index in [2.05, 4.69) is 11.9 Å². The van der Waals surface area contributed by atoms with E-state index < -0.39 is 0 Å². The van der Waals surface area contributed by atoms with Crippen molar-refractivity contribution in [2.75, 3.05) is 5.32 Å². The van der Waals surface area contributed by atoms with Gasteiger partial charge in [0.05, 0.1) is 10.2 Å². The van der Waals surface area contributed by atoms with Crippen LogP contribution in [0.25, 0.3) is 10.2 Å². The number of carbonyl (C=O) groups excluding carboxylic acids is 1. The second kappa shape index (κ2) is 6.22. The smallest absolute Gasteiger partial charge is 0.308 e. The summed E-state index contributed by atoms with van der Waals surface area (Å²) in [6, 6.07) is 12.9. The van der Waals surface area contributed by atoms with E-state index in [0.29, 0.717) is 17.8 Å². The summed E-state index contributed by atoms with van der Waals surface area (Å²) < 4.78 is 2.51. The molecule has 1 heterocycles. The molecule has 4 nitrogen and oxygen atoms in total. The summed E-state index contributed by atoms with van der Waals surface area (Å²) in [7, 11) is 0. The Labute approximate surface area is 137 Å². The zero-order chi connectivity index (χ0) is 16.4. The van der Waals surface area contributed by atoms with E-state index in [0.717, 1.165) is 15.8 Å². The van der Waals surface area contributed by atoms with E-state index in [-0.39, 0.29) is 10.8 Å². The lowest BCUT2D eigenvalue weighted by Crippen LogP contribution is -2.13. The summed E-state index contributed by atoms with van der Waals surface area (Å²) in [5, 5.41) is 2.89. The molecule has 0 aliphatic heterocycles. The number of fused-ring (bicyclic) bond motifs is 1. The van der Waals surface area contributed by atoms with Crippen LogP contribution in [-0.2, 0) is 6.54 Å². The highest BCUT2D eigenvalue weighted by molar-refractivity contribution is 7.16. The highest BCUT2D eigenvalue weighted by Gasteiger charge is 2.11. The van der Waals surface area contributed by atoms with Crippen molar-refractivity contribution in [2.24, 2.45) is 0 Å². The van der Waals surface area contributed by atoms with Crippen molar-refractivity contribution in [3.63, 3.8) is 0 Å². The number of thiazole rings is 1. The SMILES string of the molecule is C=CCn1c(=O)sc2cc(NC(=O)c3ccccc3C)ccc21. The first kappa shape index (κ1) is 15.2. The average Bonchev–Trinajstić information content (AvgIpc) is 2.83. The van der Waals surface area contributed by atoms with Crippen LogP contribution in [0.1, 0.15) is 15.9 Å². The first-order valence-corrected chi connectivity index (χ1v) is 8.03. The van der Waals surface area contributed by atoms with Gasteiger partial charge in [-0.15, -0.1) is 6.58 Å². The van der Waals surface area contributed by atoms with Gasteiger partial charge in [-0.2, -0.15) is 0 Å². The quantitative estimate of drug-likeness (QED) is 0.742. The standard InChI is InChI=1S/C18H16N2O2S/c1-3-10-20-15-9-8-13(11-16(15)23-18(20)22)19-17(21)14-7-5-4-6-12(14)2/h3-9,11H,1,10H2,2H3,(H,19,21). The number of carbonyl (C=O) groups is 1. The Balaban J connectivity index is 1.92. The van der Waals surface area contributed by atoms with Gasteiger partial charge < -0.3 is 5.32 Å². The monoisotopic (exact) mass is 324 g/mol. The van der Waals surface area contributed by atoms with Gasteiger partial charge in [0.15, 0.2) is 0 Å². The third kappa shape index (κ3) is 2.96. The largest absolute Gasteiger partial charge is 0.322 e. The maximum absolute atomic E-state index is 12.4. The number of hydrogen-bond donors (Lipinski definition) is 1. The minimum atomic E-state index is -0.152. The van der Waals surface area contributed by atoms with Gasteiger partial charge in [-0.05, 0) is 36.8 Å². The topological polar surface area (TPSA) is 51.1 Å². The molecule has 5 heteroatoms. The van der Waals surface area contributed by atoms with Crippen molar-refractivity contribution in [2.45, 2.75) is 13.5 Å². The number of anilines is 1. The number of hydrogen-bond acceptors (Lipinski definition) is 3. The van der Waals surface area contributed by atoms with Crippen molar-refractivity contribution in [1.82, 2.24) is 4.57 Å². The highest BCUT2D eigenvalue weighted by atomic mass is 32.1. The molecule has 2 aromatic carbocycles. The van der Waals surface area contributed by atoms with E-state index in [1.807, 2.05) is 43.3 Å². The predicted octanol–water partition coefficient (Wildman–Crippen LogP) is 3.81. The van der Waals surface area contributed by atoms with Gasteiger partial charge in [-0.3, -0.25) is 14.2 Å². The molecule has 1 amide bonds. The number of amides is 1. The molecule has 3 rings (SSSR count). The molecule has 3 aromatic rings. The summed E-state index contributed by atoms with van der Waals surface area (Å²) in [5.74, 6) is -0.152. The van der Waals surface area contributed by atoms with Gasteiger partial charge in [0.1, 0.15) is 0 Å². The molecule has 1 aromatic heterocycles. The van der Waals surface area contributed by atoms with Gasteiger partial charge in [-0.1, -0.05) is 35.6 Å². The number of nitrogens with one attached hydrogen (secondary N) is 1. The number of rotatable bonds is 4. The molecule has 23 heavy (non-hydrogen) atoms. The molecule has 0 spiro atoms.